The van der Waals surface area contributed by atoms with Gasteiger partial charge in [-0.3, -0.25) is 9.78 Å². The van der Waals surface area contributed by atoms with Gasteiger partial charge in [-0.1, -0.05) is 13.8 Å². The minimum atomic E-state index is -0.517. The van der Waals surface area contributed by atoms with E-state index < -0.39 is 6.10 Å². The number of ether oxygens (including phenoxy) is 1. The molecule has 0 aliphatic carbocycles. The van der Waals surface area contributed by atoms with Crippen LogP contribution < -0.4 is 15.4 Å². The van der Waals surface area contributed by atoms with Gasteiger partial charge in [-0.15, -0.1) is 0 Å². The second-order valence-corrected chi connectivity index (χ2v) is 4.88. The maximum Gasteiger partial charge on any atom is 0.260 e. The molecule has 1 unspecified atom stereocenters. The van der Waals surface area contributed by atoms with E-state index in [1.54, 1.807) is 20.2 Å². The number of pyridine rings is 1. The Morgan fingerprint density at radius 2 is 2.11 bits per heavy atom. The van der Waals surface area contributed by atoms with Crippen LogP contribution in [0.4, 0.5) is 0 Å². The molecule has 2 N–H and O–H groups in total. The summed E-state index contributed by atoms with van der Waals surface area (Å²) >= 11 is 0. The topological polar surface area (TPSA) is 63.2 Å². The Hall–Kier alpha value is -1.62. The van der Waals surface area contributed by atoms with Gasteiger partial charge < -0.3 is 15.4 Å². The van der Waals surface area contributed by atoms with Crippen LogP contribution in [-0.2, 0) is 11.3 Å². The summed E-state index contributed by atoms with van der Waals surface area (Å²) in [6.45, 7) is 7.74. The van der Waals surface area contributed by atoms with Gasteiger partial charge in [-0.2, -0.15) is 0 Å². The molecule has 0 fully saturated rings. The van der Waals surface area contributed by atoms with Gasteiger partial charge in [0.25, 0.3) is 5.91 Å². The van der Waals surface area contributed by atoms with Crippen LogP contribution in [0.3, 0.4) is 0 Å². The molecule has 1 rings (SSSR count). The fourth-order valence-electron chi connectivity index (χ4n) is 1.54. The Morgan fingerprint density at radius 1 is 1.37 bits per heavy atom. The van der Waals surface area contributed by atoms with Crippen molar-refractivity contribution in [2.45, 2.75) is 33.4 Å². The normalized spacial score (nSPS) is 12.3. The first kappa shape index (κ1) is 15.4. The first-order valence-corrected chi connectivity index (χ1v) is 6.56. The van der Waals surface area contributed by atoms with E-state index in [-0.39, 0.29) is 5.91 Å². The minimum Gasteiger partial charge on any atom is -0.479 e. The molecule has 0 aliphatic heterocycles. The van der Waals surface area contributed by atoms with Crippen LogP contribution in [0.2, 0.25) is 0 Å². The first-order valence-electron chi connectivity index (χ1n) is 6.56. The summed E-state index contributed by atoms with van der Waals surface area (Å²) in [4.78, 5) is 15.6. The molecule has 5 nitrogen and oxygen atoms in total. The van der Waals surface area contributed by atoms with Crippen LogP contribution >= 0.6 is 0 Å². The highest BCUT2D eigenvalue weighted by atomic mass is 16.5. The molecule has 0 radical (unpaired) electrons. The highest BCUT2D eigenvalue weighted by Gasteiger charge is 2.12. The summed E-state index contributed by atoms with van der Waals surface area (Å²) in [7, 11) is 1.59. The number of hydrogen-bond acceptors (Lipinski definition) is 4. The van der Waals surface area contributed by atoms with Crippen molar-refractivity contribution in [3.8, 4) is 5.75 Å². The summed E-state index contributed by atoms with van der Waals surface area (Å²) in [5.74, 6) is 1.07. The van der Waals surface area contributed by atoms with Crippen LogP contribution in [0.5, 0.6) is 5.75 Å². The maximum absolute atomic E-state index is 11.3. The van der Waals surface area contributed by atoms with Gasteiger partial charge in [0.1, 0.15) is 5.75 Å². The van der Waals surface area contributed by atoms with Crippen molar-refractivity contribution in [3.63, 3.8) is 0 Å². The van der Waals surface area contributed by atoms with Gasteiger partial charge in [-0.05, 0) is 31.5 Å². The van der Waals surface area contributed by atoms with E-state index in [0.717, 1.165) is 18.8 Å². The van der Waals surface area contributed by atoms with Crippen LogP contribution in [-0.4, -0.2) is 30.6 Å². The third-order valence-electron chi connectivity index (χ3n) is 2.58. The predicted octanol–water partition coefficient (Wildman–Crippen LogP) is 1.34. The Bertz CT molecular complexity index is 390. The van der Waals surface area contributed by atoms with Gasteiger partial charge in [0, 0.05) is 13.6 Å². The smallest absolute Gasteiger partial charge is 0.260 e. The summed E-state index contributed by atoms with van der Waals surface area (Å²) in [5.41, 5.74) is 0.959. The molecule has 1 atom stereocenters. The molecule has 106 valence electrons. The number of nitrogens with one attached hydrogen (secondary N) is 2. The fourth-order valence-corrected chi connectivity index (χ4v) is 1.54. The van der Waals surface area contributed by atoms with Crippen molar-refractivity contribution in [1.82, 2.24) is 15.6 Å². The predicted molar refractivity (Wildman–Crippen MR) is 74.9 cm³/mol. The van der Waals surface area contributed by atoms with Crippen molar-refractivity contribution in [2.24, 2.45) is 5.92 Å². The molecule has 1 amide bonds. The molecule has 19 heavy (non-hydrogen) atoms. The number of amides is 1. The van der Waals surface area contributed by atoms with E-state index in [9.17, 15) is 4.79 Å². The van der Waals surface area contributed by atoms with Gasteiger partial charge in [0.05, 0.1) is 11.9 Å². The highest BCUT2D eigenvalue weighted by Crippen LogP contribution is 2.11. The number of aromatic nitrogens is 1. The van der Waals surface area contributed by atoms with Gasteiger partial charge in [-0.25, -0.2) is 0 Å². The molecule has 1 aromatic rings. The number of hydrogen-bond donors (Lipinski definition) is 2. The molecule has 1 aromatic heterocycles. The lowest BCUT2D eigenvalue weighted by molar-refractivity contribution is -0.126. The SMILES string of the molecule is CNC(=O)C(C)Oc1ccc(CNCC(C)C)nc1. The van der Waals surface area contributed by atoms with E-state index >= 15 is 0 Å². The largest absolute Gasteiger partial charge is 0.479 e. The number of nitrogens with zero attached hydrogens (tertiary/aromatic N) is 1. The van der Waals surface area contributed by atoms with E-state index in [0.29, 0.717) is 11.7 Å². The zero-order valence-corrected chi connectivity index (χ0v) is 12.1. The molecular weight excluding hydrogens is 242 g/mol. The minimum absolute atomic E-state index is 0.150. The van der Waals surface area contributed by atoms with E-state index in [1.807, 2.05) is 12.1 Å². The van der Waals surface area contributed by atoms with E-state index in [4.69, 9.17) is 4.74 Å². The highest BCUT2D eigenvalue weighted by molar-refractivity contribution is 5.80. The lowest BCUT2D eigenvalue weighted by Gasteiger charge is -2.13. The van der Waals surface area contributed by atoms with Gasteiger partial charge in [0.15, 0.2) is 6.10 Å². The van der Waals surface area contributed by atoms with Crippen LogP contribution in [0.1, 0.15) is 26.5 Å². The Kier molecular flexibility index (Phi) is 6.29. The van der Waals surface area contributed by atoms with Crippen LogP contribution in [0.15, 0.2) is 18.3 Å². The molecule has 0 saturated heterocycles. The standard InChI is InChI=1S/C14H23N3O2/c1-10(2)7-16-8-12-5-6-13(9-17-12)19-11(3)14(18)15-4/h5-6,9-11,16H,7-8H2,1-4H3,(H,15,18). The number of carbonyl (C=O) groups excluding carboxylic acids is 1. The lowest BCUT2D eigenvalue weighted by atomic mass is 10.2. The first-order chi connectivity index (χ1) is 9.02. The molecule has 1 heterocycles. The summed E-state index contributed by atoms with van der Waals surface area (Å²) in [6, 6.07) is 3.73. The molecule has 0 saturated carbocycles. The summed E-state index contributed by atoms with van der Waals surface area (Å²) in [5, 5.41) is 5.86. The monoisotopic (exact) mass is 265 g/mol. The van der Waals surface area contributed by atoms with Gasteiger partial charge >= 0.3 is 0 Å². The zero-order chi connectivity index (χ0) is 14.3. The molecule has 5 heteroatoms. The second-order valence-electron chi connectivity index (χ2n) is 4.88. The molecule has 0 aromatic carbocycles. The molecule has 0 aliphatic rings. The average Bonchev–Trinajstić information content (AvgIpc) is 2.39. The summed E-state index contributed by atoms with van der Waals surface area (Å²) in [6.07, 6.45) is 1.13. The average molecular weight is 265 g/mol. The molecular formula is C14H23N3O2. The Labute approximate surface area is 114 Å². The molecule has 0 spiro atoms. The van der Waals surface area contributed by atoms with Crippen molar-refractivity contribution < 1.29 is 9.53 Å². The molecule has 0 bridgehead atoms. The number of carbonyl (C=O) groups is 1. The third kappa shape index (κ3) is 5.70. The summed E-state index contributed by atoms with van der Waals surface area (Å²) < 4.78 is 5.47. The van der Waals surface area contributed by atoms with Crippen molar-refractivity contribution >= 4 is 5.91 Å². The van der Waals surface area contributed by atoms with Crippen molar-refractivity contribution in [2.75, 3.05) is 13.6 Å². The van der Waals surface area contributed by atoms with Gasteiger partial charge in [0.2, 0.25) is 0 Å². The fraction of sp³-hybridized carbons (Fsp3) is 0.571. The van der Waals surface area contributed by atoms with E-state index in [1.165, 1.54) is 0 Å². The van der Waals surface area contributed by atoms with Crippen molar-refractivity contribution in [3.05, 3.63) is 24.0 Å². The van der Waals surface area contributed by atoms with Crippen LogP contribution in [0.25, 0.3) is 0 Å². The quantitative estimate of drug-likeness (QED) is 0.781. The number of likely N-dealkylation sites (N-methyl/N-ethyl adjacent to an activating group) is 1. The maximum atomic E-state index is 11.3. The number of rotatable bonds is 7. The van der Waals surface area contributed by atoms with Crippen LogP contribution in [0, 0.1) is 5.92 Å². The third-order valence-corrected chi connectivity index (χ3v) is 2.58. The Morgan fingerprint density at radius 3 is 2.63 bits per heavy atom. The lowest BCUT2D eigenvalue weighted by Crippen LogP contribution is -2.33. The van der Waals surface area contributed by atoms with E-state index in [2.05, 4.69) is 29.5 Å². The zero-order valence-electron chi connectivity index (χ0n) is 12.1. The van der Waals surface area contributed by atoms with Crippen molar-refractivity contribution in [1.29, 1.82) is 0 Å². The Balaban J connectivity index is 2.45. The second kappa shape index (κ2) is 7.74.